The molecule has 0 N–H and O–H groups in total. The molecule has 1 saturated heterocycles. The van der Waals surface area contributed by atoms with Crippen LogP contribution in [0.5, 0.6) is 0 Å². The van der Waals surface area contributed by atoms with Crippen molar-refractivity contribution < 1.29 is 18.4 Å². The van der Waals surface area contributed by atoms with Crippen LogP contribution < -0.4 is 4.90 Å². The largest absolute Gasteiger partial charge is 0.441 e. The van der Waals surface area contributed by atoms with Gasteiger partial charge in [0.1, 0.15) is 17.6 Å². The quantitative estimate of drug-likeness (QED) is 0.539. The molecule has 2 aromatic heterocycles. The van der Waals surface area contributed by atoms with Gasteiger partial charge in [0.2, 0.25) is 5.82 Å². The van der Waals surface area contributed by atoms with Crippen LogP contribution in [-0.2, 0) is 16.3 Å². The number of aryl methyl sites for hydroxylation is 1. The standard InChI is InChI=1S/C20H22FN6O3P/c1-26-24-19(23-25-26)18-8-5-13(10-22-18)16-7-6-14(9-17(16)21)27-11-15(30-20(27)28)12-29-31(2,3)4/h5-10,15H,2,11-12H2,1,3-4H3. The van der Waals surface area contributed by atoms with Crippen LogP contribution in [0.1, 0.15) is 0 Å². The van der Waals surface area contributed by atoms with Gasteiger partial charge in [0, 0.05) is 17.3 Å². The molecule has 3 heterocycles. The molecule has 1 amide bonds. The maximum absolute atomic E-state index is 14.9. The van der Waals surface area contributed by atoms with Gasteiger partial charge in [-0.3, -0.25) is 9.88 Å². The number of halogens is 1. The van der Waals surface area contributed by atoms with E-state index in [1.807, 2.05) is 13.3 Å². The molecule has 9 nitrogen and oxygen atoms in total. The molecule has 0 aliphatic carbocycles. The van der Waals surface area contributed by atoms with Crippen molar-refractivity contribution in [2.45, 2.75) is 6.10 Å². The van der Waals surface area contributed by atoms with Crippen LogP contribution in [0.4, 0.5) is 14.9 Å². The van der Waals surface area contributed by atoms with Crippen molar-refractivity contribution in [3.05, 3.63) is 42.3 Å². The topological polar surface area (TPSA) is 95.3 Å². The van der Waals surface area contributed by atoms with Crippen LogP contribution in [0.3, 0.4) is 0 Å². The Morgan fingerprint density at radius 3 is 2.74 bits per heavy atom. The highest BCUT2D eigenvalue weighted by molar-refractivity contribution is 7.67. The average molecular weight is 444 g/mol. The zero-order chi connectivity index (χ0) is 22.2. The highest BCUT2D eigenvalue weighted by atomic mass is 31.2. The summed E-state index contributed by atoms with van der Waals surface area (Å²) in [6.45, 7) is 4.42. The molecule has 1 aromatic carbocycles. The summed E-state index contributed by atoms with van der Waals surface area (Å²) in [6, 6.07) is 8.05. The Morgan fingerprint density at radius 1 is 1.32 bits per heavy atom. The third kappa shape index (κ3) is 4.81. The number of carbonyl (C=O) groups is 1. The van der Waals surface area contributed by atoms with E-state index in [9.17, 15) is 9.18 Å². The van der Waals surface area contributed by atoms with Gasteiger partial charge in [-0.15, -0.1) is 10.2 Å². The minimum absolute atomic E-state index is 0.270. The molecule has 0 spiro atoms. The lowest BCUT2D eigenvalue weighted by atomic mass is 10.1. The zero-order valence-electron chi connectivity index (χ0n) is 17.4. The molecule has 1 aliphatic heterocycles. The van der Waals surface area contributed by atoms with Crippen molar-refractivity contribution >= 4 is 25.2 Å². The predicted molar refractivity (Wildman–Crippen MR) is 117 cm³/mol. The summed E-state index contributed by atoms with van der Waals surface area (Å²) >= 11 is 0. The second kappa shape index (κ2) is 8.20. The van der Waals surface area contributed by atoms with Gasteiger partial charge in [-0.25, -0.2) is 9.18 Å². The van der Waals surface area contributed by atoms with Crippen LogP contribution in [0.15, 0.2) is 36.5 Å². The predicted octanol–water partition coefficient (Wildman–Crippen LogP) is 3.04. The number of benzene rings is 1. The monoisotopic (exact) mass is 444 g/mol. The molecule has 11 heteroatoms. The summed E-state index contributed by atoms with van der Waals surface area (Å²) in [4.78, 5) is 19.3. The lowest BCUT2D eigenvalue weighted by molar-refractivity contribution is 0.109. The fourth-order valence-corrected chi connectivity index (χ4v) is 3.65. The van der Waals surface area contributed by atoms with Crippen LogP contribution in [-0.4, -0.2) is 70.2 Å². The molecule has 0 radical (unpaired) electrons. The van der Waals surface area contributed by atoms with Crippen LogP contribution in [0, 0.1) is 5.82 Å². The van der Waals surface area contributed by atoms with Gasteiger partial charge in [0.05, 0.1) is 25.9 Å². The normalized spacial score (nSPS) is 16.6. The van der Waals surface area contributed by atoms with E-state index in [0.717, 1.165) is 0 Å². The van der Waals surface area contributed by atoms with E-state index in [1.54, 1.807) is 37.5 Å². The van der Waals surface area contributed by atoms with E-state index in [2.05, 4.69) is 26.7 Å². The van der Waals surface area contributed by atoms with E-state index >= 15 is 0 Å². The van der Waals surface area contributed by atoms with Crippen molar-refractivity contribution in [2.75, 3.05) is 31.4 Å². The maximum atomic E-state index is 14.9. The molecule has 1 fully saturated rings. The Kier molecular flexibility index (Phi) is 5.60. The molecular formula is C20H22FN6O3P. The average Bonchev–Trinajstić information content (AvgIpc) is 3.31. The molecule has 3 aromatic rings. The van der Waals surface area contributed by atoms with Crippen LogP contribution >= 0.6 is 7.11 Å². The van der Waals surface area contributed by atoms with E-state index < -0.39 is 25.1 Å². The Bertz CT molecular complexity index is 1160. The van der Waals surface area contributed by atoms with Crippen molar-refractivity contribution in [2.24, 2.45) is 7.05 Å². The van der Waals surface area contributed by atoms with E-state index in [0.29, 0.717) is 34.9 Å². The highest BCUT2D eigenvalue weighted by Gasteiger charge is 2.33. The third-order valence-corrected chi connectivity index (χ3v) is 5.41. The molecule has 0 bridgehead atoms. The molecule has 31 heavy (non-hydrogen) atoms. The lowest BCUT2D eigenvalue weighted by Crippen LogP contribution is -2.25. The minimum atomic E-state index is -1.69. The van der Waals surface area contributed by atoms with Gasteiger partial charge in [-0.05, 0) is 49.9 Å². The summed E-state index contributed by atoms with van der Waals surface area (Å²) in [5.74, 6) is -0.0812. The third-order valence-electron chi connectivity index (χ3n) is 4.56. The number of cyclic esters (lactones) is 1. The molecule has 0 saturated carbocycles. The SMILES string of the molecule is C=P(C)(C)OCC1CN(c2ccc(-c3ccc(-c4nnn(C)n4)nc3)c(F)c2)C(=O)O1. The highest BCUT2D eigenvalue weighted by Crippen LogP contribution is 2.37. The number of tetrazole rings is 1. The number of hydrogen-bond acceptors (Lipinski definition) is 7. The number of hydrogen-bond donors (Lipinski definition) is 0. The van der Waals surface area contributed by atoms with E-state index in [1.165, 1.54) is 15.8 Å². The minimum Gasteiger partial charge on any atom is -0.441 e. The first kappa shape index (κ1) is 21.1. The van der Waals surface area contributed by atoms with Crippen molar-refractivity contribution in [1.29, 1.82) is 0 Å². The number of ether oxygens (including phenoxy) is 1. The van der Waals surface area contributed by atoms with Gasteiger partial charge in [-0.2, -0.15) is 4.80 Å². The number of nitrogens with zero attached hydrogens (tertiary/aromatic N) is 6. The van der Waals surface area contributed by atoms with Gasteiger partial charge in [-0.1, -0.05) is 12.4 Å². The fourth-order valence-electron chi connectivity index (χ4n) is 3.08. The lowest BCUT2D eigenvalue weighted by Gasteiger charge is -2.17. The molecule has 1 aliphatic rings. The first-order valence-corrected chi connectivity index (χ1v) is 12.3. The van der Waals surface area contributed by atoms with Gasteiger partial charge in [0.15, 0.2) is 0 Å². The molecule has 1 atom stereocenters. The first-order valence-electron chi connectivity index (χ1n) is 9.51. The number of amides is 1. The number of carbonyl (C=O) groups excluding carboxylic acids is 1. The molecule has 4 rings (SSSR count). The van der Waals surface area contributed by atoms with Gasteiger partial charge >= 0.3 is 6.09 Å². The Hall–Kier alpha value is -3.10. The van der Waals surface area contributed by atoms with Crippen molar-refractivity contribution in [1.82, 2.24) is 25.2 Å². The number of rotatable bonds is 6. The summed E-state index contributed by atoms with van der Waals surface area (Å²) < 4.78 is 25.9. The fraction of sp³-hybridized carbons (Fsp3) is 0.300. The Morgan fingerprint density at radius 2 is 2.13 bits per heavy atom. The Labute approximate surface area is 178 Å². The van der Waals surface area contributed by atoms with Gasteiger partial charge in [0.25, 0.3) is 0 Å². The second-order valence-corrected chi connectivity index (χ2v) is 11.1. The summed E-state index contributed by atoms with van der Waals surface area (Å²) in [7, 11) is -0.0254. The first-order chi connectivity index (χ1) is 14.7. The number of anilines is 1. The Balaban J connectivity index is 1.49. The van der Waals surface area contributed by atoms with Crippen LogP contribution in [0.2, 0.25) is 0 Å². The maximum Gasteiger partial charge on any atom is 0.414 e. The summed E-state index contributed by atoms with van der Waals surface area (Å²) in [5, 5.41) is 11.8. The smallest absolute Gasteiger partial charge is 0.414 e. The number of aromatic nitrogens is 5. The molecule has 1 unspecified atom stereocenters. The zero-order valence-corrected chi connectivity index (χ0v) is 18.3. The van der Waals surface area contributed by atoms with E-state index in [4.69, 9.17) is 9.26 Å². The van der Waals surface area contributed by atoms with E-state index in [-0.39, 0.29) is 6.61 Å². The second-order valence-electron chi connectivity index (χ2n) is 7.68. The number of pyridine rings is 1. The van der Waals surface area contributed by atoms with Crippen molar-refractivity contribution in [3.8, 4) is 22.6 Å². The molecular weight excluding hydrogens is 422 g/mol. The molecule has 162 valence electrons. The van der Waals surface area contributed by atoms with Crippen LogP contribution in [0.25, 0.3) is 22.6 Å². The summed E-state index contributed by atoms with van der Waals surface area (Å²) in [6.07, 6.45) is 4.58. The van der Waals surface area contributed by atoms with Gasteiger partial charge < -0.3 is 9.26 Å². The van der Waals surface area contributed by atoms with Crippen molar-refractivity contribution in [3.63, 3.8) is 0 Å². The summed E-state index contributed by atoms with van der Waals surface area (Å²) in [5.41, 5.74) is 1.92.